The Balaban J connectivity index is 3.44. The predicted octanol–water partition coefficient (Wildman–Crippen LogP) is 2.84. The van der Waals surface area contributed by atoms with Gasteiger partial charge in [0.05, 0.1) is 17.2 Å². The second-order valence-corrected chi connectivity index (χ2v) is 2.89. The van der Waals surface area contributed by atoms with Crippen molar-refractivity contribution in [1.82, 2.24) is 0 Å². The van der Waals surface area contributed by atoms with Gasteiger partial charge in [0.25, 0.3) is 6.43 Å². The Morgan fingerprint density at radius 2 is 2.07 bits per heavy atom. The van der Waals surface area contributed by atoms with Gasteiger partial charge in [-0.15, -0.1) is 0 Å². The van der Waals surface area contributed by atoms with Crippen molar-refractivity contribution >= 4 is 5.78 Å². The fraction of sp³-hybridized carbons (Fsp3) is 0.200. The van der Waals surface area contributed by atoms with E-state index >= 15 is 0 Å². The van der Waals surface area contributed by atoms with Crippen LogP contribution < -0.4 is 0 Å². The van der Waals surface area contributed by atoms with Crippen molar-refractivity contribution in [3.8, 4) is 6.07 Å². The second-order valence-electron chi connectivity index (χ2n) is 2.89. The number of hydrogen-bond acceptors (Lipinski definition) is 2. The highest BCUT2D eigenvalue weighted by atomic mass is 19.3. The largest absolute Gasteiger partial charge is 0.294 e. The molecule has 0 heterocycles. The molecule has 0 atom stereocenters. The lowest BCUT2D eigenvalue weighted by molar-refractivity contribution is 0.101. The minimum atomic E-state index is -3.00. The van der Waals surface area contributed by atoms with E-state index in [9.17, 15) is 18.0 Å². The van der Waals surface area contributed by atoms with Crippen LogP contribution in [0.1, 0.15) is 34.8 Å². The molecule has 0 aromatic heterocycles. The summed E-state index contributed by atoms with van der Waals surface area (Å²) in [5.41, 5.74) is -1.28. The third-order valence-corrected chi connectivity index (χ3v) is 1.87. The van der Waals surface area contributed by atoms with Crippen molar-refractivity contribution in [2.75, 3.05) is 0 Å². The first-order valence-electron chi connectivity index (χ1n) is 4.00. The van der Waals surface area contributed by atoms with E-state index in [0.717, 1.165) is 6.92 Å². The third-order valence-electron chi connectivity index (χ3n) is 1.87. The fourth-order valence-electron chi connectivity index (χ4n) is 1.14. The molecule has 0 bridgehead atoms. The highest BCUT2D eigenvalue weighted by Crippen LogP contribution is 2.25. The van der Waals surface area contributed by atoms with E-state index < -0.39 is 23.6 Å². The van der Waals surface area contributed by atoms with E-state index in [1.54, 1.807) is 6.07 Å². The lowest BCUT2D eigenvalue weighted by Gasteiger charge is -2.05. The molecule has 1 rings (SSSR count). The molecule has 1 aromatic carbocycles. The number of halogens is 3. The zero-order valence-corrected chi connectivity index (χ0v) is 7.72. The Bertz CT molecular complexity index is 449. The lowest BCUT2D eigenvalue weighted by atomic mass is 10.0. The van der Waals surface area contributed by atoms with Crippen molar-refractivity contribution in [3.05, 3.63) is 34.6 Å². The number of carbonyl (C=O) groups is 1. The molecule has 0 aliphatic carbocycles. The number of rotatable bonds is 2. The smallest absolute Gasteiger partial charge is 0.266 e. The van der Waals surface area contributed by atoms with Crippen LogP contribution in [0, 0.1) is 17.1 Å². The number of carbonyl (C=O) groups excluding carboxylic acids is 1. The van der Waals surface area contributed by atoms with Crippen molar-refractivity contribution in [2.45, 2.75) is 13.3 Å². The minimum absolute atomic E-state index is 0.181. The van der Waals surface area contributed by atoms with Gasteiger partial charge in [0, 0.05) is 5.56 Å². The van der Waals surface area contributed by atoms with Gasteiger partial charge >= 0.3 is 0 Å². The fourth-order valence-corrected chi connectivity index (χ4v) is 1.14. The van der Waals surface area contributed by atoms with Gasteiger partial charge in [-0.05, 0) is 19.1 Å². The number of benzene rings is 1. The second kappa shape index (κ2) is 4.13. The summed E-state index contributed by atoms with van der Waals surface area (Å²) in [6.45, 7) is 1.14. The maximum absolute atomic E-state index is 13.0. The van der Waals surface area contributed by atoms with Crippen molar-refractivity contribution in [3.63, 3.8) is 0 Å². The molecule has 0 N–H and O–H groups in total. The van der Waals surface area contributed by atoms with Gasteiger partial charge in [0.15, 0.2) is 5.78 Å². The maximum Gasteiger partial charge on any atom is 0.266 e. The molecule has 15 heavy (non-hydrogen) atoms. The van der Waals surface area contributed by atoms with Crippen LogP contribution in [0.15, 0.2) is 12.1 Å². The van der Waals surface area contributed by atoms with Crippen LogP contribution in [0.2, 0.25) is 0 Å². The van der Waals surface area contributed by atoms with E-state index in [2.05, 4.69) is 0 Å². The van der Waals surface area contributed by atoms with Crippen LogP contribution >= 0.6 is 0 Å². The third kappa shape index (κ3) is 2.15. The SMILES string of the molecule is CC(=O)c1cc(F)c(C(F)F)cc1C#N. The molecule has 0 aliphatic rings. The molecule has 5 heteroatoms. The van der Waals surface area contributed by atoms with Crippen LogP contribution in [0.4, 0.5) is 13.2 Å². The van der Waals surface area contributed by atoms with Crippen LogP contribution in [0.25, 0.3) is 0 Å². The Labute approximate surface area is 83.9 Å². The van der Waals surface area contributed by atoms with Crippen LogP contribution in [-0.2, 0) is 0 Å². The predicted molar refractivity (Wildman–Crippen MR) is 46.1 cm³/mol. The normalized spacial score (nSPS) is 10.1. The van der Waals surface area contributed by atoms with Crippen LogP contribution in [-0.4, -0.2) is 5.78 Å². The summed E-state index contributed by atoms with van der Waals surface area (Å²) >= 11 is 0. The lowest BCUT2D eigenvalue weighted by Crippen LogP contribution is -2.01. The number of nitrogens with zero attached hydrogens (tertiary/aromatic N) is 1. The summed E-state index contributed by atoms with van der Waals surface area (Å²) in [7, 11) is 0. The first-order chi connectivity index (χ1) is 6.97. The average Bonchev–Trinajstić information content (AvgIpc) is 2.16. The summed E-state index contributed by atoms with van der Waals surface area (Å²) in [5.74, 6) is -1.71. The first-order valence-corrected chi connectivity index (χ1v) is 4.00. The van der Waals surface area contributed by atoms with Gasteiger partial charge in [0.2, 0.25) is 0 Å². The van der Waals surface area contributed by atoms with Crippen molar-refractivity contribution in [1.29, 1.82) is 5.26 Å². The Hall–Kier alpha value is -1.83. The Morgan fingerprint density at radius 1 is 1.47 bits per heavy atom. The summed E-state index contributed by atoms with van der Waals surface area (Å²) in [4.78, 5) is 11.0. The number of alkyl halides is 2. The summed E-state index contributed by atoms with van der Waals surface area (Å²) in [6.07, 6.45) is -3.00. The monoisotopic (exact) mass is 213 g/mol. The van der Waals surface area contributed by atoms with Crippen LogP contribution in [0.5, 0.6) is 0 Å². The number of hydrogen-bond donors (Lipinski definition) is 0. The molecule has 0 aliphatic heterocycles. The molecule has 0 spiro atoms. The van der Waals surface area contributed by atoms with Gasteiger partial charge in [-0.3, -0.25) is 4.79 Å². The molecule has 0 unspecified atom stereocenters. The van der Waals surface area contributed by atoms with E-state index in [1.807, 2.05) is 0 Å². The molecular formula is C10H6F3NO. The van der Waals surface area contributed by atoms with Crippen molar-refractivity contribution < 1.29 is 18.0 Å². The highest BCUT2D eigenvalue weighted by molar-refractivity contribution is 5.96. The highest BCUT2D eigenvalue weighted by Gasteiger charge is 2.18. The van der Waals surface area contributed by atoms with Gasteiger partial charge in [0.1, 0.15) is 5.82 Å². The summed E-state index contributed by atoms with van der Waals surface area (Å²) < 4.78 is 37.5. The molecule has 78 valence electrons. The molecular weight excluding hydrogens is 207 g/mol. The zero-order chi connectivity index (χ0) is 11.6. The quantitative estimate of drug-likeness (QED) is 0.708. The summed E-state index contributed by atoms with van der Waals surface area (Å²) in [5, 5.41) is 8.59. The van der Waals surface area contributed by atoms with E-state index in [1.165, 1.54) is 0 Å². The van der Waals surface area contributed by atoms with Crippen molar-refractivity contribution in [2.24, 2.45) is 0 Å². The molecule has 0 amide bonds. The van der Waals surface area contributed by atoms with Crippen LogP contribution in [0.3, 0.4) is 0 Å². The Kier molecular flexibility index (Phi) is 3.10. The van der Waals surface area contributed by atoms with Gasteiger partial charge in [-0.25, -0.2) is 13.2 Å². The number of Topliss-reactive ketones (excluding diaryl/α,β-unsaturated/α-hetero) is 1. The van der Waals surface area contributed by atoms with E-state index in [0.29, 0.717) is 12.1 Å². The van der Waals surface area contributed by atoms with E-state index in [-0.39, 0.29) is 11.1 Å². The van der Waals surface area contributed by atoms with Gasteiger partial charge < -0.3 is 0 Å². The summed E-state index contributed by atoms with van der Waals surface area (Å²) in [6, 6.07) is 2.95. The molecule has 1 aromatic rings. The molecule has 2 nitrogen and oxygen atoms in total. The molecule has 0 radical (unpaired) electrons. The zero-order valence-electron chi connectivity index (χ0n) is 7.72. The number of nitriles is 1. The molecule has 0 saturated carbocycles. The minimum Gasteiger partial charge on any atom is -0.294 e. The topological polar surface area (TPSA) is 40.9 Å². The maximum atomic E-state index is 13.0. The molecule has 0 saturated heterocycles. The molecule has 0 fully saturated rings. The number of ketones is 1. The average molecular weight is 213 g/mol. The van der Waals surface area contributed by atoms with Gasteiger partial charge in [-0.2, -0.15) is 5.26 Å². The standard InChI is InChI=1S/C10H6F3NO/c1-5(15)7-3-9(11)8(10(12)13)2-6(7)4-14/h2-3,10H,1H3. The van der Waals surface area contributed by atoms with E-state index in [4.69, 9.17) is 5.26 Å². The Morgan fingerprint density at radius 3 is 2.47 bits per heavy atom. The first kappa shape index (κ1) is 11.2. The van der Waals surface area contributed by atoms with Gasteiger partial charge in [-0.1, -0.05) is 0 Å².